The van der Waals surface area contributed by atoms with E-state index in [2.05, 4.69) is 4.72 Å². The molecule has 96 valence electrons. The summed E-state index contributed by atoms with van der Waals surface area (Å²) in [7, 11) is -3.76. The van der Waals surface area contributed by atoms with E-state index >= 15 is 0 Å². The molecule has 0 aliphatic rings. The highest BCUT2D eigenvalue weighted by Gasteiger charge is 2.22. The van der Waals surface area contributed by atoms with Crippen LogP contribution in [0.2, 0.25) is 5.02 Å². The molecule has 1 aromatic rings. The quantitative estimate of drug-likeness (QED) is 0.700. The minimum absolute atomic E-state index is 0.0775. The number of sulfonamides is 1. The molecule has 0 heterocycles. The molecule has 0 saturated heterocycles. The SMILES string of the molecule is CC(CCO)NS(=O)(=O)c1c(N)cccc1Cl. The summed E-state index contributed by atoms with van der Waals surface area (Å²) in [6.45, 7) is 1.56. The molecule has 1 unspecified atom stereocenters. The van der Waals surface area contributed by atoms with Crippen molar-refractivity contribution in [3.8, 4) is 0 Å². The van der Waals surface area contributed by atoms with E-state index in [0.29, 0.717) is 6.42 Å². The van der Waals surface area contributed by atoms with Crippen molar-refractivity contribution in [1.82, 2.24) is 4.72 Å². The Morgan fingerprint density at radius 1 is 1.53 bits per heavy atom. The Balaban J connectivity index is 3.06. The first kappa shape index (κ1) is 14.2. The van der Waals surface area contributed by atoms with Crippen molar-refractivity contribution in [2.24, 2.45) is 0 Å². The molecule has 0 aliphatic carbocycles. The summed E-state index contributed by atoms with van der Waals surface area (Å²) >= 11 is 5.83. The first-order valence-corrected chi connectivity index (χ1v) is 6.91. The fraction of sp³-hybridized carbons (Fsp3) is 0.400. The summed E-state index contributed by atoms with van der Waals surface area (Å²) in [5.41, 5.74) is 5.70. The minimum atomic E-state index is -3.76. The van der Waals surface area contributed by atoms with Crippen LogP contribution < -0.4 is 10.5 Å². The summed E-state index contributed by atoms with van der Waals surface area (Å²) in [6.07, 6.45) is 0.323. The molecule has 0 aromatic heterocycles. The first-order chi connectivity index (χ1) is 7.88. The third-order valence-electron chi connectivity index (χ3n) is 2.18. The van der Waals surface area contributed by atoms with Gasteiger partial charge in [0.25, 0.3) is 0 Å². The molecule has 1 atom stereocenters. The van der Waals surface area contributed by atoms with Gasteiger partial charge in [0, 0.05) is 12.6 Å². The number of nitrogen functional groups attached to an aromatic ring is 1. The Morgan fingerprint density at radius 2 is 2.18 bits per heavy atom. The van der Waals surface area contributed by atoms with Crippen LogP contribution >= 0.6 is 11.6 Å². The van der Waals surface area contributed by atoms with Crippen LogP contribution in [0.4, 0.5) is 5.69 Å². The van der Waals surface area contributed by atoms with Gasteiger partial charge < -0.3 is 10.8 Å². The molecule has 4 N–H and O–H groups in total. The van der Waals surface area contributed by atoms with Gasteiger partial charge in [-0.3, -0.25) is 0 Å². The van der Waals surface area contributed by atoms with Crippen molar-refractivity contribution < 1.29 is 13.5 Å². The highest BCUT2D eigenvalue weighted by atomic mass is 35.5. The van der Waals surface area contributed by atoms with Gasteiger partial charge in [-0.1, -0.05) is 17.7 Å². The predicted octanol–water partition coefficient (Wildman–Crippen LogP) is 0.971. The maximum atomic E-state index is 12.0. The predicted molar refractivity (Wildman–Crippen MR) is 67.4 cm³/mol. The van der Waals surface area contributed by atoms with Crippen LogP contribution in [-0.4, -0.2) is 26.2 Å². The highest BCUT2D eigenvalue weighted by molar-refractivity contribution is 7.89. The molecule has 0 amide bonds. The summed E-state index contributed by atoms with van der Waals surface area (Å²) in [5.74, 6) is 0. The lowest BCUT2D eigenvalue weighted by Crippen LogP contribution is -2.33. The molecule has 0 fully saturated rings. The Bertz CT molecular complexity index is 470. The van der Waals surface area contributed by atoms with Gasteiger partial charge in [-0.25, -0.2) is 13.1 Å². The van der Waals surface area contributed by atoms with Crippen LogP contribution in [0.25, 0.3) is 0 Å². The van der Waals surface area contributed by atoms with Gasteiger partial charge in [0.1, 0.15) is 4.90 Å². The molecule has 0 saturated carbocycles. The molecule has 0 spiro atoms. The average Bonchev–Trinajstić information content (AvgIpc) is 2.15. The van der Waals surface area contributed by atoms with Gasteiger partial charge in [0.2, 0.25) is 10.0 Å². The monoisotopic (exact) mass is 278 g/mol. The van der Waals surface area contributed by atoms with Crippen molar-refractivity contribution in [2.45, 2.75) is 24.3 Å². The zero-order valence-corrected chi connectivity index (χ0v) is 10.9. The number of rotatable bonds is 5. The summed E-state index contributed by atoms with van der Waals surface area (Å²) in [5, 5.41) is 8.81. The molecule has 5 nitrogen and oxygen atoms in total. The summed E-state index contributed by atoms with van der Waals surface area (Å²) < 4.78 is 26.4. The molecule has 7 heteroatoms. The van der Waals surface area contributed by atoms with Gasteiger partial charge in [-0.05, 0) is 25.5 Å². The van der Waals surface area contributed by atoms with Crippen molar-refractivity contribution in [3.05, 3.63) is 23.2 Å². The van der Waals surface area contributed by atoms with E-state index in [1.54, 1.807) is 13.0 Å². The van der Waals surface area contributed by atoms with Crippen molar-refractivity contribution in [1.29, 1.82) is 0 Å². The van der Waals surface area contributed by atoms with E-state index in [0.717, 1.165) is 0 Å². The van der Waals surface area contributed by atoms with Crippen LogP contribution in [0.1, 0.15) is 13.3 Å². The molecule has 1 aromatic carbocycles. The van der Waals surface area contributed by atoms with Crippen LogP contribution in [0.5, 0.6) is 0 Å². The molecular formula is C10H15ClN2O3S. The molecule has 0 radical (unpaired) electrons. The number of aliphatic hydroxyl groups excluding tert-OH is 1. The third kappa shape index (κ3) is 3.57. The summed E-state index contributed by atoms with van der Waals surface area (Å²) in [6, 6.07) is 4.12. The second-order valence-electron chi connectivity index (χ2n) is 3.69. The Kier molecular flexibility index (Phi) is 4.76. The summed E-state index contributed by atoms with van der Waals surface area (Å²) in [4.78, 5) is -0.119. The van der Waals surface area contributed by atoms with Crippen LogP contribution in [-0.2, 0) is 10.0 Å². The number of hydrogen-bond donors (Lipinski definition) is 3. The minimum Gasteiger partial charge on any atom is -0.398 e. The second-order valence-corrected chi connectivity index (χ2v) is 5.75. The van der Waals surface area contributed by atoms with E-state index < -0.39 is 10.0 Å². The topological polar surface area (TPSA) is 92.4 Å². The van der Waals surface area contributed by atoms with E-state index in [4.69, 9.17) is 22.4 Å². The van der Waals surface area contributed by atoms with E-state index in [1.165, 1.54) is 12.1 Å². The third-order valence-corrected chi connectivity index (χ3v) is 4.32. The fourth-order valence-electron chi connectivity index (χ4n) is 1.39. The highest BCUT2D eigenvalue weighted by Crippen LogP contribution is 2.27. The van der Waals surface area contributed by atoms with Crippen molar-refractivity contribution in [3.63, 3.8) is 0 Å². The molecular weight excluding hydrogens is 264 g/mol. The fourth-order valence-corrected chi connectivity index (χ4v) is 3.34. The number of nitrogens with two attached hydrogens (primary N) is 1. The van der Waals surface area contributed by atoms with Crippen LogP contribution in [0.3, 0.4) is 0 Å². The molecule has 1 rings (SSSR count). The van der Waals surface area contributed by atoms with E-state index in [9.17, 15) is 8.42 Å². The first-order valence-electron chi connectivity index (χ1n) is 5.05. The number of halogens is 1. The van der Waals surface area contributed by atoms with E-state index in [1.807, 2.05) is 0 Å². The van der Waals surface area contributed by atoms with Gasteiger partial charge in [-0.2, -0.15) is 0 Å². The average molecular weight is 279 g/mol. The Labute approximate surface area is 106 Å². The van der Waals surface area contributed by atoms with E-state index in [-0.39, 0.29) is 28.3 Å². The molecule has 0 aliphatic heterocycles. The van der Waals surface area contributed by atoms with Crippen molar-refractivity contribution in [2.75, 3.05) is 12.3 Å². The normalized spacial score (nSPS) is 13.6. The number of hydrogen-bond acceptors (Lipinski definition) is 4. The largest absolute Gasteiger partial charge is 0.398 e. The number of benzene rings is 1. The zero-order valence-electron chi connectivity index (χ0n) is 9.35. The molecule has 17 heavy (non-hydrogen) atoms. The Hall–Kier alpha value is -0.820. The van der Waals surface area contributed by atoms with Crippen LogP contribution in [0, 0.1) is 0 Å². The number of anilines is 1. The maximum absolute atomic E-state index is 12.0. The van der Waals surface area contributed by atoms with Gasteiger partial charge in [-0.15, -0.1) is 0 Å². The van der Waals surface area contributed by atoms with Gasteiger partial charge in [0.05, 0.1) is 10.7 Å². The number of nitrogens with one attached hydrogen (secondary N) is 1. The van der Waals surface area contributed by atoms with Gasteiger partial charge in [0.15, 0.2) is 0 Å². The zero-order chi connectivity index (χ0) is 13.1. The molecule has 0 bridgehead atoms. The lowest BCUT2D eigenvalue weighted by Gasteiger charge is -2.15. The smallest absolute Gasteiger partial charge is 0.244 e. The lowest BCUT2D eigenvalue weighted by atomic mass is 10.3. The standard InChI is InChI=1S/C10H15ClN2O3S/c1-7(5-6-14)13-17(15,16)10-8(11)3-2-4-9(10)12/h2-4,7,13-14H,5-6,12H2,1H3. The van der Waals surface area contributed by atoms with Gasteiger partial charge >= 0.3 is 0 Å². The van der Waals surface area contributed by atoms with Crippen LogP contribution in [0.15, 0.2) is 23.1 Å². The number of aliphatic hydroxyl groups is 1. The second kappa shape index (κ2) is 5.68. The Morgan fingerprint density at radius 3 is 2.71 bits per heavy atom. The maximum Gasteiger partial charge on any atom is 0.244 e. The van der Waals surface area contributed by atoms with Crippen molar-refractivity contribution >= 4 is 27.3 Å². The lowest BCUT2D eigenvalue weighted by molar-refractivity contribution is 0.275.